The Balaban J connectivity index is 2.97. The summed E-state index contributed by atoms with van der Waals surface area (Å²) in [6.45, 7) is 1.73. The third-order valence-electron chi connectivity index (χ3n) is 2.85. The van der Waals surface area contributed by atoms with E-state index in [0.717, 1.165) is 11.4 Å². The topological polar surface area (TPSA) is 113 Å². The van der Waals surface area contributed by atoms with Crippen LogP contribution >= 0.6 is 0 Å². The molecule has 0 bridgehead atoms. The number of nitrogens with one attached hydrogen (secondary N) is 1. The highest BCUT2D eigenvalue weighted by molar-refractivity contribution is 7.87. The summed E-state index contributed by atoms with van der Waals surface area (Å²) in [7, 11) is -3.17. The highest BCUT2D eigenvalue weighted by atomic mass is 32.2. The second kappa shape index (κ2) is 5.53. The molecule has 0 radical (unpaired) electrons. The zero-order valence-electron chi connectivity index (χ0n) is 10.1. The van der Waals surface area contributed by atoms with E-state index in [9.17, 15) is 18.0 Å². The van der Waals surface area contributed by atoms with Gasteiger partial charge in [0.2, 0.25) is 0 Å². The van der Waals surface area contributed by atoms with Gasteiger partial charge in [-0.15, -0.1) is 0 Å². The number of hydrogen-bond donors (Lipinski definition) is 2. The van der Waals surface area contributed by atoms with Crippen molar-refractivity contribution in [3.63, 3.8) is 0 Å². The second-order valence-corrected chi connectivity index (χ2v) is 5.74. The molecular weight excluding hydrogens is 264 g/mol. The predicted molar refractivity (Wildman–Crippen MR) is 61.0 cm³/mol. The average Bonchev–Trinajstić information content (AvgIpc) is 2.27. The van der Waals surface area contributed by atoms with Gasteiger partial charge in [-0.2, -0.15) is 12.7 Å². The van der Waals surface area contributed by atoms with Crippen LogP contribution < -0.4 is 4.72 Å². The highest BCUT2D eigenvalue weighted by Gasteiger charge is 2.41. The van der Waals surface area contributed by atoms with Gasteiger partial charge in [0.15, 0.2) is 0 Å². The standard InChI is InChI=1S/C9H16N2O6S/c1-6-4-3-5-11(7(6)8(12)13)18(15,16)10-9(14)17-2/h6-7H,3-5H2,1-2H3,(H,10,14)(H,12,13). The monoisotopic (exact) mass is 280 g/mol. The van der Waals surface area contributed by atoms with Crippen molar-refractivity contribution in [3.05, 3.63) is 0 Å². The first kappa shape index (κ1) is 14.7. The van der Waals surface area contributed by atoms with Crippen molar-refractivity contribution in [1.82, 2.24) is 9.03 Å². The summed E-state index contributed by atoms with van der Waals surface area (Å²) >= 11 is 0. The smallest absolute Gasteiger partial charge is 0.421 e. The maximum atomic E-state index is 11.9. The van der Waals surface area contributed by atoms with Crippen LogP contribution in [0.2, 0.25) is 0 Å². The van der Waals surface area contributed by atoms with Gasteiger partial charge >= 0.3 is 22.3 Å². The van der Waals surface area contributed by atoms with Gasteiger partial charge in [-0.3, -0.25) is 4.79 Å². The number of carboxylic acids is 1. The molecule has 0 aliphatic carbocycles. The average molecular weight is 280 g/mol. The Morgan fingerprint density at radius 3 is 2.56 bits per heavy atom. The molecule has 0 aromatic heterocycles. The van der Waals surface area contributed by atoms with Crippen molar-refractivity contribution < 1.29 is 27.9 Å². The van der Waals surface area contributed by atoms with E-state index in [1.807, 2.05) is 0 Å². The molecule has 1 aliphatic rings. The number of ether oxygens (including phenoxy) is 1. The summed E-state index contributed by atoms with van der Waals surface area (Å²) in [5.74, 6) is -1.54. The minimum absolute atomic E-state index is 0.0631. The first-order valence-electron chi connectivity index (χ1n) is 5.40. The number of hydrogen-bond acceptors (Lipinski definition) is 5. The van der Waals surface area contributed by atoms with E-state index in [2.05, 4.69) is 4.74 Å². The van der Waals surface area contributed by atoms with Crippen molar-refractivity contribution in [1.29, 1.82) is 0 Å². The number of rotatable bonds is 3. The number of amides is 1. The SMILES string of the molecule is COC(=O)NS(=O)(=O)N1CCCC(C)C1C(=O)O. The van der Waals surface area contributed by atoms with E-state index in [1.165, 1.54) is 0 Å². The Labute approximate surface area is 105 Å². The van der Waals surface area contributed by atoms with Crippen LogP contribution in [-0.2, 0) is 19.7 Å². The maximum absolute atomic E-state index is 11.9. The number of aliphatic carboxylic acids is 1. The molecule has 0 aromatic carbocycles. The number of methoxy groups -OCH3 is 1. The summed E-state index contributed by atoms with van der Waals surface area (Å²) in [4.78, 5) is 22.1. The molecule has 104 valence electrons. The molecule has 2 unspecified atom stereocenters. The van der Waals surface area contributed by atoms with E-state index in [1.54, 1.807) is 11.6 Å². The lowest BCUT2D eigenvalue weighted by Gasteiger charge is -2.35. The third-order valence-corrected chi connectivity index (χ3v) is 4.30. The molecule has 1 rings (SSSR count). The molecule has 9 heteroatoms. The van der Waals surface area contributed by atoms with Crippen LogP contribution in [0.3, 0.4) is 0 Å². The summed E-state index contributed by atoms with van der Waals surface area (Å²) in [6, 6.07) is -1.17. The van der Waals surface area contributed by atoms with E-state index in [4.69, 9.17) is 5.11 Å². The number of nitrogens with zero attached hydrogens (tertiary/aromatic N) is 1. The summed E-state index contributed by atoms with van der Waals surface area (Å²) in [5, 5.41) is 9.08. The van der Waals surface area contributed by atoms with E-state index in [0.29, 0.717) is 12.8 Å². The first-order valence-corrected chi connectivity index (χ1v) is 6.84. The molecule has 0 spiro atoms. The maximum Gasteiger partial charge on any atom is 0.421 e. The Morgan fingerprint density at radius 1 is 1.44 bits per heavy atom. The van der Waals surface area contributed by atoms with Gasteiger partial charge in [0.25, 0.3) is 0 Å². The molecule has 8 nitrogen and oxygen atoms in total. The van der Waals surface area contributed by atoms with E-state index >= 15 is 0 Å². The van der Waals surface area contributed by atoms with Gasteiger partial charge in [0.1, 0.15) is 6.04 Å². The van der Waals surface area contributed by atoms with Gasteiger partial charge in [0, 0.05) is 6.54 Å². The Kier molecular flexibility index (Phi) is 4.52. The molecular formula is C9H16N2O6S. The lowest BCUT2D eigenvalue weighted by Crippen LogP contribution is -2.56. The fraction of sp³-hybridized carbons (Fsp3) is 0.778. The minimum Gasteiger partial charge on any atom is -0.480 e. The van der Waals surface area contributed by atoms with E-state index in [-0.39, 0.29) is 12.5 Å². The quantitative estimate of drug-likeness (QED) is 0.738. The molecule has 1 aliphatic heterocycles. The van der Waals surface area contributed by atoms with Gasteiger partial charge in [-0.05, 0) is 18.8 Å². The van der Waals surface area contributed by atoms with Crippen LogP contribution in [0, 0.1) is 5.92 Å². The zero-order chi connectivity index (χ0) is 13.9. The summed E-state index contributed by atoms with van der Waals surface area (Å²) in [6.07, 6.45) is 0.0335. The van der Waals surface area contributed by atoms with Crippen LogP contribution in [0.25, 0.3) is 0 Å². The largest absolute Gasteiger partial charge is 0.480 e. The van der Waals surface area contributed by atoms with Gasteiger partial charge in [-0.1, -0.05) is 6.92 Å². The number of carbonyl (C=O) groups excluding carboxylic acids is 1. The van der Waals surface area contributed by atoms with E-state index < -0.39 is 28.3 Å². The first-order chi connectivity index (χ1) is 8.29. The van der Waals surface area contributed by atoms with Gasteiger partial charge in [0.05, 0.1) is 7.11 Å². The van der Waals surface area contributed by atoms with Crippen molar-refractivity contribution in [3.8, 4) is 0 Å². The predicted octanol–water partition coefficient (Wildman–Crippen LogP) is -0.228. The fourth-order valence-corrected chi connectivity index (χ4v) is 3.37. The molecule has 2 atom stereocenters. The van der Waals surface area contributed by atoms with Crippen LogP contribution in [0.5, 0.6) is 0 Å². The molecule has 2 N–H and O–H groups in total. The Hall–Kier alpha value is -1.35. The number of carboxylic acid groups (broad SMARTS) is 1. The van der Waals surface area contributed by atoms with Crippen molar-refractivity contribution >= 4 is 22.3 Å². The van der Waals surface area contributed by atoms with Gasteiger partial charge in [-0.25, -0.2) is 9.52 Å². The molecule has 0 saturated carbocycles. The number of carbonyl (C=O) groups is 2. The Bertz CT molecular complexity index is 434. The van der Waals surface area contributed by atoms with Gasteiger partial charge < -0.3 is 9.84 Å². The molecule has 18 heavy (non-hydrogen) atoms. The zero-order valence-corrected chi connectivity index (χ0v) is 10.9. The third kappa shape index (κ3) is 3.10. The molecule has 1 heterocycles. The highest BCUT2D eigenvalue weighted by Crippen LogP contribution is 2.25. The lowest BCUT2D eigenvalue weighted by molar-refractivity contribution is -0.144. The van der Waals surface area contributed by atoms with Crippen molar-refractivity contribution in [2.75, 3.05) is 13.7 Å². The number of piperidine rings is 1. The molecule has 1 saturated heterocycles. The fourth-order valence-electron chi connectivity index (χ4n) is 1.99. The van der Waals surface area contributed by atoms with Crippen LogP contribution in [0.15, 0.2) is 0 Å². The normalized spacial score (nSPS) is 25.4. The van der Waals surface area contributed by atoms with Crippen molar-refractivity contribution in [2.45, 2.75) is 25.8 Å². The van der Waals surface area contributed by atoms with Crippen LogP contribution in [0.4, 0.5) is 4.79 Å². The summed E-state index contributed by atoms with van der Waals surface area (Å²) < 4.78 is 30.4. The summed E-state index contributed by atoms with van der Waals surface area (Å²) in [5.41, 5.74) is 0. The molecule has 1 amide bonds. The van der Waals surface area contributed by atoms with Crippen LogP contribution in [0.1, 0.15) is 19.8 Å². The molecule has 1 fully saturated rings. The van der Waals surface area contributed by atoms with Crippen molar-refractivity contribution in [2.24, 2.45) is 5.92 Å². The minimum atomic E-state index is -4.19. The Morgan fingerprint density at radius 2 is 2.06 bits per heavy atom. The lowest BCUT2D eigenvalue weighted by atomic mass is 9.93. The second-order valence-electron chi connectivity index (χ2n) is 4.11. The molecule has 0 aromatic rings. The van der Waals surface area contributed by atoms with Crippen LogP contribution in [-0.4, -0.2) is 49.6 Å².